The number of aromatic nitrogens is 4. The number of nitrogens with zero attached hydrogens (tertiary/aromatic N) is 3. The van der Waals surface area contributed by atoms with Gasteiger partial charge in [0, 0.05) is 31.2 Å². The van der Waals surface area contributed by atoms with Gasteiger partial charge in [0.2, 0.25) is 5.89 Å². The first kappa shape index (κ1) is 18.4. The smallest absolute Gasteiger partial charge is 0.340 e. The number of ether oxygens (including phenoxy) is 1. The van der Waals surface area contributed by atoms with E-state index in [2.05, 4.69) is 27.0 Å². The molecular weight excluding hydrogens is 352 g/mol. The van der Waals surface area contributed by atoms with Crippen molar-refractivity contribution in [2.24, 2.45) is 7.05 Å². The summed E-state index contributed by atoms with van der Waals surface area (Å²) in [7, 11) is 1.57. The van der Waals surface area contributed by atoms with Crippen LogP contribution in [0.1, 0.15) is 46.4 Å². The maximum atomic E-state index is 12.4. The van der Waals surface area contributed by atoms with E-state index in [9.17, 15) is 14.7 Å². The molecule has 9 nitrogen and oxygen atoms in total. The van der Waals surface area contributed by atoms with Gasteiger partial charge in [0.15, 0.2) is 6.10 Å². The molecule has 140 valence electrons. The number of hydrogen-bond donors (Lipinski definition) is 2. The summed E-state index contributed by atoms with van der Waals surface area (Å²) in [5, 5.41) is 17.8. The molecule has 0 bridgehead atoms. The van der Waals surface area contributed by atoms with E-state index >= 15 is 0 Å². The standard InChI is InChI=1S/C18H18N4O5/c1-5-26-18(25)13-9(2)19-15-14(13)11(8-22(4)17(15)24)6-7-12(23)16-21-20-10(3)27-16/h8,12,19,23H,5H2,1-4H3/t12-/m1/s1. The quantitative estimate of drug-likeness (QED) is 0.523. The van der Waals surface area contributed by atoms with Crippen LogP contribution in [0.2, 0.25) is 0 Å². The second-order valence-corrected chi connectivity index (χ2v) is 5.89. The second-order valence-electron chi connectivity index (χ2n) is 5.89. The molecule has 0 fully saturated rings. The molecule has 0 aliphatic carbocycles. The van der Waals surface area contributed by atoms with Gasteiger partial charge in [0.05, 0.1) is 17.7 Å². The number of rotatable bonds is 3. The summed E-state index contributed by atoms with van der Waals surface area (Å²) in [5.41, 5.74) is 1.07. The van der Waals surface area contributed by atoms with Gasteiger partial charge in [-0.1, -0.05) is 11.8 Å². The molecule has 3 heterocycles. The van der Waals surface area contributed by atoms with E-state index in [-0.39, 0.29) is 29.1 Å². The zero-order valence-corrected chi connectivity index (χ0v) is 15.3. The van der Waals surface area contributed by atoms with E-state index in [1.165, 1.54) is 10.8 Å². The van der Waals surface area contributed by atoms with Gasteiger partial charge in [-0.05, 0) is 13.8 Å². The average Bonchev–Trinajstić information content (AvgIpc) is 3.20. The van der Waals surface area contributed by atoms with Crippen LogP contribution in [0, 0.1) is 25.7 Å². The van der Waals surface area contributed by atoms with Gasteiger partial charge in [-0.2, -0.15) is 0 Å². The molecule has 2 N–H and O–H groups in total. The fourth-order valence-corrected chi connectivity index (χ4v) is 2.73. The third-order valence-electron chi connectivity index (χ3n) is 3.91. The minimum absolute atomic E-state index is 0.0306. The number of aliphatic hydroxyl groups excluding tert-OH is 1. The van der Waals surface area contributed by atoms with E-state index in [1.54, 1.807) is 27.8 Å². The van der Waals surface area contributed by atoms with E-state index < -0.39 is 12.1 Å². The lowest BCUT2D eigenvalue weighted by molar-refractivity contribution is 0.0528. The van der Waals surface area contributed by atoms with Gasteiger partial charge in [0.25, 0.3) is 11.4 Å². The number of esters is 1. The first-order valence-corrected chi connectivity index (χ1v) is 8.22. The number of aromatic amines is 1. The molecule has 3 aromatic heterocycles. The van der Waals surface area contributed by atoms with Crippen molar-refractivity contribution < 1.29 is 19.1 Å². The van der Waals surface area contributed by atoms with Gasteiger partial charge >= 0.3 is 5.97 Å². The molecule has 0 unspecified atom stereocenters. The maximum Gasteiger partial charge on any atom is 0.340 e. The van der Waals surface area contributed by atoms with Crippen molar-refractivity contribution in [2.75, 3.05) is 6.61 Å². The number of pyridine rings is 1. The highest BCUT2D eigenvalue weighted by atomic mass is 16.5. The van der Waals surface area contributed by atoms with E-state index in [0.29, 0.717) is 22.5 Å². The summed E-state index contributed by atoms with van der Waals surface area (Å²) >= 11 is 0. The summed E-state index contributed by atoms with van der Waals surface area (Å²) < 4.78 is 11.6. The zero-order valence-electron chi connectivity index (χ0n) is 15.3. The van der Waals surface area contributed by atoms with Crippen LogP contribution in [-0.2, 0) is 11.8 Å². The molecule has 0 radical (unpaired) electrons. The Bertz CT molecular complexity index is 1140. The monoisotopic (exact) mass is 370 g/mol. The van der Waals surface area contributed by atoms with Gasteiger partial charge in [0.1, 0.15) is 5.52 Å². The molecule has 1 atom stereocenters. The normalized spacial score (nSPS) is 11.9. The number of carbonyl (C=O) groups is 1. The number of hydrogen-bond acceptors (Lipinski definition) is 7. The number of fused-ring (bicyclic) bond motifs is 1. The Hall–Kier alpha value is -3.38. The largest absolute Gasteiger partial charge is 0.462 e. The molecule has 9 heteroatoms. The Morgan fingerprint density at radius 1 is 1.44 bits per heavy atom. The fraction of sp³-hybridized carbons (Fsp3) is 0.333. The minimum Gasteiger partial charge on any atom is -0.462 e. The fourth-order valence-electron chi connectivity index (χ4n) is 2.73. The summed E-state index contributed by atoms with van der Waals surface area (Å²) in [6.07, 6.45) is 0.198. The number of aliphatic hydroxyl groups is 1. The Morgan fingerprint density at radius 3 is 2.81 bits per heavy atom. The van der Waals surface area contributed by atoms with Crippen molar-refractivity contribution in [3.05, 3.63) is 45.2 Å². The lowest BCUT2D eigenvalue weighted by atomic mass is 10.1. The van der Waals surface area contributed by atoms with Crippen molar-refractivity contribution in [1.29, 1.82) is 0 Å². The van der Waals surface area contributed by atoms with Crippen LogP contribution in [0.3, 0.4) is 0 Å². The third kappa shape index (κ3) is 3.35. The second kappa shape index (κ2) is 7.09. The Kier molecular flexibility index (Phi) is 4.83. The number of H-pyrrole nitrogens is 1. The SMILES string of the molecule is CCOC(=O)c1c(C)[nH]c2c(=O)n(C)cc(C#C[C@@H](O)c3nnc(C)o3)c12. The summed E-state index contributed by atoms with van der Waals surface area (Å²) in [6.45, 7) is 5.18. The molecule has 3 rings (SSSR count). The lowest BCUT2D eigenvalue weighted by Crippen LogP contribution is -2.17. The average molecular weight is 370 g/mol. The van der Waals surface area contributed by atoms with Gasteiger partial charge in [-0.25, -0.2) is 4.79 Å². The highest BCUT2D eigenvalue weighted by Crippen LogP contribution is 2.24. The minimum atomic E-state index is -1.30. The third-order valence-corrected chi connectivity index (χ3v) is 3.91. The van der Waals surface area contributed by atoms with Crippen LogP contribution in [0.15, 0.2) is 15.4 Å². The van der Waals surface area contributed by atoms with Crippen molar-refractivity contribution >= 4 is 16.9 Å². The van der Waals surface area contributed by atoms with Gasteiger partial charge in [-0.3, -0.25) is 4.79 Å². The number of nitrogens with one attached hydrogen (secondary N) is 1. The zero-order chi connectivity index (χ0) is 19.7. The number of aryl methyl sites for hydroxylation is 3. The van der Waals surface area contributed by atoms with E-state index in [1.807, 2.05) is 0 Å². The van der Waals surface area contributed by atoms with Crippen molar-refractivity contribution in [3.8, 4) is 11.8 Å². The van der Waals surface area contributed by atoms with Gasteiger partial charge in [-0.15, -0.1) is 10.2 Å². The molecule has 0 aliphatic heterocycles. The molecular formula is C18H18N4O5. The van der Waals surface area contributed by atoms with Crippen molar-refractivity contribution in [1.82, 2.24) is 19.7 Å². The molecule has 0 spiro atoms. The Labute approximate surface area is 154 Å². The van der Waals surface area contributed by atoms with Crippen LogP contribution in [0.5, 0.6) is 0 Å². The molecule has 0 amide bonds. The van der Waals surface area contributed by atoms with Crippen LogP contribution in [0.25, 0.3) is 10.9 Å². The molecule has 3 aromatic rings. The molecule has 0 aromatic carbocycles. The summed E-state index contributed by atoms with van der Waals surface area (Å²) in [6, 6.07) is 0. The maximum absolute atomic E-state index is 12.4. The van der Waals surface area contributed by atoms with Crippen LogP contribution < -0.4 is 5.56 Å². The van der Waals surface area contributed by atoms with E-state index in [4.69, 9.17) is 9.15 Å². The van der Waals surface area contributed by atoms with Crippen LogP contribution in [-0.4, -0.2) is 37.4 Å². The molecule has 0 aliphatic rings. The Morgan fingerprint density at radius 2 is 2.19 bits per heavy atom. The summed E-state index contributed by atoms with van der Waals surface area (Å²) in [4.78, 5) is 27.7. The van der Waals surface area contributed by atoms with Crippen LogP contribution >= 0.6 is 0 Å². The van der Waals surface area contributed by atoms with Gasteiger partial charge < -0.3 is 23.8 Å². The number of carbonyl (C=O) groups excluding carboxylic acids is 1. The first-order valence-electron chi connectivity index (χ1n) is 8.22. The highest BCUT2D eigenvalue weighted by molar-refractivity contribution is 6.07. The predicted octanol–water partition coefficient (Wildman–Crippen LogP) is 1.13. The Balaban J connectivity index is 2.18. The predicted molar refractivity (Wildman–Crippen MR) is 95.1 cm³/mol. The topological polar surface area (TPSA) is 123 Å². The highest BCUT2D eigenvalue weighted by Gasteiger charge is 2.22. The molecule has 0 saturated carbocycles. The van der Waals surface area contributed by atoms with E-state index in [0.717, 1.165) is 0 Å². The molecule has 0 saturated heterocycles. The van der Waals surface area contributed by atoms with Crippen molar-refractivity contribution in [3.63, 3.8) is 0 Å². The molecule has 27 heavy (non-hydrogen) atoms. The van der Waals surface area contributed by atoms with Crippen molar-refractivity contribution in [2.45, 2.75) is 26.9 Å². The lowest BCUT2D eigenvalue weighted by Gasteiger charge is -2.05. The van der Waals surface area contributed by atoms with Crippen LogP contribution in [0.4, 0.5) is 0 Å². The first-order chi connectivity index (χ1) is 12.8. The summed E-state index contributed by atoms with van der Waals surface area (Å²) in [5.74, 6) is 5.13.